The molecule has 0 saturated heterocycles. The molecule has 2 saturated carbocycles. The Kier molecular flexibility index (Phi) is 8.07. The van der Waals surface area contributed by atoms with Gasteiger partial charge in [0.15, 0.2) is 0 Å². The van der Waals surface area contributed by atoms with Crippen molar-refractivity contribution >= 4 is 11.9 Å². The highest BCUT2D eigenvalue weighted by Gasteiger charge is 2.41. The van der Waals surface area contributed by atoms with Crippen LogP contribution in [-0.2, 0) is 19.1 Å². The SMILES string of the molecule is CCCCC(CC)COC(=O)CCCC(=O)OC1CC2CCC1C2. The maximum Gasteiger partial charge on any atom is 0.306 e. The molecule has 0 aromatic rings. The monoisotopic (exact) mass is 338 g/mol. The minimum Gasteiger partial charge on any atom is -0.465 e. The van der Waals surface area contributed by atoms with Gasteiger partial charge in [0.25, 0.3) is 0 Å². The lowest BCUT2D eigenvalue weighted by atomic mass is 9.98. The summed E-state index contributed by atoms with van der Waals surface area (Å²) in [5, 5.41) is 0. The van der Waals surface area contributed by atoms with Crippen LogP contribution < -0.4 is 0 Å². The lowest BCUT2D eigenvalue weighted by Gasteiger charge is -2.21. The molecule has 4 nitrogen and oxygen atoms in total. The molecule has 2 fully saturated rings. The molecule has 2 aliphatic carbocycles. The van der Waals surface area contributed by atoms with Gasteiger partial charge in [0.2, 0.25) is 0 Å². The zero-order chi connectivity index (χ0) is 17.4. The molecule has 0 radical (unpaired) electrons. The Bertz CT molecular complexity index is 406. The molecule has 24 heavy (non-hydrogen) atoms. The third-order valence-electron chi connectivity index (χ3n) is 5.74. The van der Waals surface area contributed by atoms with Gasteiger partial charge in [-0.05, 0) is 56.3 Å². The van der Waals surface area contributed by atoms with Crippen molar-refractivity contribution in [2.24, 2.45) is 17.8 Å². The van der Waals surface area contributed by atoms with Gasteiger partial charge in [0.1, 0.15) is 6.10 Å². The fourth-order valence-electron chi connectivity index (χ4n) is 4.12. The largest absolute Gasteiger partial charge is 0.465 e. The van der Waals surface area contributed by atoms with E-state index in [9.17, 15) is 9.59 Å². The molecule has 4 unspecified atom stereocenters. The van der Waals surface area contributed by atoms with Crippen LogP contribution in [0.25, 0.3) is 0 Å². The highest BCUT2D eigenvalue weighted by Crippen LogP contribution is 2.45. The van der Waals surface area contributed by atoms with E-state index in [4.69, 9.17) is 9.47 Å². The Hall–Kier alpha value is -1.06. The maximum atomic E-state index is 11.9. The Balaban J connectivity index is 1.53. The molecule has 0 amide bonds. The van der Waals surface area contributed by atoms with Crippen molar-refractivity contribution in [2.75, 3.05) is 6.61 Å². The van der Waals surface area contributed by atoms with Gasteiger partial charge in [-0.25, -0.2) is 0 Å². The van der Waals surface area contributed by atoms with Crippen LogP contribution in [0.3, 0.4) is 0 Å². The highest BCUT2D eigenvalue weighted by atomic mass is 16.5. The van der Waals surface area contributed by atoms with Gasteiger partial charge in [-0.2, -0.15) is 0 Å². The summed E-state index contributed by atoms with van der Waals surface area (Å²) in [6, 6.07) is 0. The Morgan fingerprint density at radius 3 is 2.46 bits per heavy atom. The molecule has 2 rings (SSSR count). The number of carbonyl (C=O) groups excluding carboxylic acids is 2. The van der Waals surface area contributed by atoms with E-state index in [0.717, 1.165) is 25.2 Å². The average molecular weight is 338 g/mol. The number of fused-ring (bicyclic) bond motifs is 2. The molecule has 2 aliphatic rings. The van der Waals surface area contributed by atoms with E-state index in [2.05, 4.69) is 13.8 Å². The summed E-state index contributed by atoms with van der Waals surface area (Å²) in [4.78, 5) is 23.7. The molecule has 0 N–H and O–H groups in total. The smallest absolute Gasteiger partial charge is 0.306 e. The number of rotatable bonds is 11. The third-order valence-corrected chi connectivity index (χ3v) is 5.74. The van der Waals surface area contributed by atoms with Gasteiger partial charge in [-0.1, -0.05) is 33.1 Å². The summed E-state index contributed by atoms with van der Waals surface area (Å²) in [5.74, 6) is 1.52. The first-order chi connectivity index (χ1) is 11.6. The highest BCUT2D eigenvalue weighted by molar-refractivity contribution is 5.72. The van der Waals surface area contributed by atoms with Crippen LogP contribution in [0.1, 0.15) is 84.5 Å². The molecule has 4 atom stereocenters. The number of hydrogen-bond donors (Lipinski definition) is 0. The Morgan fingerprint density at radius 2 is 1.83 bits per heavy atom. The van der Waals surface area contributed by atoms with Crippen LogP contribution >= 0.6 is 0 Å². The van der Waals surface area contributed by atoms with Crippen LogP contribution in [0.5, 0.6) is 0 Å². The number of unbranched alkanes of at least 4 members (excludes halogenated alkanes) is 1. The normalized spacial score (nSPS) is 26.3. The molecular formula is C20H34O4. The molecule has 0 spiro atoms. The van der Waals surface area contributed by atoms with E-state index in [1.807, 2.05) is 0 Å². The molecule has 2 bridgehead atoms. The Labute approximate surface area is 146 Å². The zero-order valence-corrected chi connectivity index (χ0v) is 15.4. The lowest BCUT2D eigenvalue weighted by molar-refractivity contribution is -0.152. The first-order valence-corrected chi connectivity index (χ1v) is 9.97. The summed E-state index contributed by atoms with van der Waals surface area (Å²) in [6.07, 6.45) is 10.7. The van der Waals surface area contributed by atoms with Crippen molar-refractivity contribution in [3.63, 3.8) is 0 Å². The summed E-state index contributed by atoms with van der Waals surface area (Å²) in [7, 11) is 0. The number of carbonyl (C=O) groups is 2. The fraction of sp³-hybridized carbons (Fsp3) is 0.900. The molecule has 0 aromatic heterocycles. The minimum atomic E-state index is -0.183. The van der Waals surface area contributed by atoms with Gasteiger partial charge >= 0.3 is 11.9 Å². The van der Waals surface area contributed by atoms with Gasteiger partial charge in [0, 0.05) is 12.8 Å². The summed E-state index contributed by atoms with van der Waals surface area (Å²) >= 11 is 0. The van der Waals surface area contributed by atoms with Crippen LogP contribution in [0.15, 0.2) is 0 Å². The molecular weight excluding hydrogens is 304 g/mol. The first-order valence-electron chi connectivity index (χ1n) is 9.97. The van der Waals surface area contributed by atoms with E-state index < -0.39 is 0 Å². The molecule has 0 aromatic carbocycles. The van der Waals surface area contributed by atoms with Crippen molar-refractivity contribution in [3.05, 3.63) is 0 Å². The van der Waals surface area contributed by atoms with Crippen molar-refractivity contribution in [2.45, 2.75) is 90.6 Å². The molecule has 0 aliphatic heterocycles. The van der Waals surface area contributed by atoms with Crippen molar-refractivity contribution < 1.29 is 19.1 Å². The van der Waals surface area contributed by atoms with E-state index in [0.29, 0.717) is 37.7 Å². The zero-order valence-electron chi connectivity index (χ0n) is 15.4. The van der Waals surface area contributed by atoms with E-state index in [1.165, 1.54) is 32.1 Å². The quantitative estimate of drug-likeness (QED) is 0.515. The number of hydrogen-bond acceptors (Lipinski definition) is 4. The summed E-state index contributed by atoms with van der Waals surface area (Å²) in [6.45, 7) is 4.83. The fourth-order valence-corrected chi connectivity index (χ4v) is 4.12. The second-order valence-electron chi connectivity index (χ2n) is 7.66. The van der Waals surface area contributed by atoms with Crippen molar-refractivity contribution in [3.8, 4) is 0 Å². The summed E-state index contributed by atoms with van der Waals surface area (Å²) in [5.41, 5.74) is 0. The second-order valence-corrected chi connectivity index (χ2v) is 7.66. The van der Waals surface area contributed by atoms with Gasteiger partial charge in [-0.3, -0.25) is 9.59 Å². The number of ether oxygens (including phenoxy) is 2. The van der Waals surface area contributed by atoms with E-state index >= 15 is 0 Å². The van der Waals surface area contributed by atoms with Crippen molar-refractivity contribution in [1.82, 2.24) is 0 Å². The standard InChI is InChI=1S/C20H34O4/c1-3-5-7-15(4-2)14-23-19(21)8-6-9-20(22)24-18-13-16-10-11-17(18)12-16/h15-18H,3-14H2,1-2H3. The van der Waals surface area contributed by atoms with Crippen LogP contribution in [0.2, 0.25) is 0 Å². The van der Waals surface area contributed by atoms with Crippen LogP contribution in [-0.4, -0.2) is 24.6 Å². The first kappa shape index (κ1) is 19.3. The van der Waals surface area contributed by atoms with E-state index in [-0.39, 0.29) is 18.0 Å². The lowest BCUT2D eigenvalue weighted by Crippen LogP contribution is -2.24. The molecule has 138 valence electrons. The van der Waals surface area contributed by atoms with Gasteiger partial charge in [0.05, 0.1) is 6.61 Å². The predicted molar refractivity (Wildman–Crippen MR) is 93.4 cm³/mol. The minimum absolute atomic E-state index is 0.144. The van der Waals surface area contributed by atoms with Crippen molar-refractivity contribution in [1.29, 1.82) is 0 Å². The maximum absolute atomic E-state index is 11.9. The topological polar surface area (TPSA) is 52.6 Å². The van der Waals surface area contributed by atoms with Crippen LogP contribution in [0.4, 0.5) is 0 Å². The Morgan fingerprint density at radius 1 is 1.04 bits per heavy atom. The molecule has 0 heterocycles. The second kappa shape index (κ2) is 10.0. The molecule has 4 heteroatoms. The average Bonchev–Trinajstić information content (AvgIpc) is 3.18. The summed E-state index contributed by atoms with van der Waals surface area (Å²) < 4.78 is 11.0. The van der Waals surface area contributed by atoms with Gasteiger partial charge < -0.3 is 9.47 Å². The third kappa shape index (κ3) is 6.10. The predicted octanol–water partition coefficient (Wildman–Crippen LogP) is 4.65. The van der Waals surface area contributed by atoms with Gasteiger partial charge in [-0.15, -0.1) is 0 Å². The van der Waals surface area contributed by atoms with Crippen LogP contribution in [0, 0.1) is 17.8 Å². The van der Waals surface area contributed by atoms with E-state index in [1.54, 1.807) is 0 Å². The number of esters is 2.